The molecule has 0 aliphatic carbocycles. The van der Waals surface area contributed by atoms with Gasteiger partial charge < -0.3 is 15.2 Å². The number of nitrogens with two attached hydrogens (primary N) is 1. The minimum absolute atomic E-state index is 0.0750. The van der Waals surface area contributed by atoms with Crippen molar-refractivity contribution in [3.8, 4) is 11.5 Å². The summed E-state index contributed by atoms with van der Waals surface area (Å²) in [6.07, 6.45) is 0. The summed E-state index contributed by atoms with van der Waals surface area (Å²) < 4.78 is 10.3. The van der Waals surface area contributed by atoms with Gasteiger partial charge >= 0.3 is 0 Å². The number of aryl methyl sites for hydroxylation is 1. The monoisotopic (exact) mass is 271 g/mol. The number of ketones is 1. The number of benzene rings is 2. The van der Waals surface area contributed by atoms with Crippen LogP contribution in [0.25, 0.3) is 0 Å². The lowest BCUT2D eigenvalue weighted by Gasteiger charge is -2.09. The topological polar surface area (TPSA) is 61.5 Å². The van der Waals surface area contributed by atoms with Crippen LogP contribution in [0.1, 0.15) is 21.5 Å². The Labute approximate surface area is 118 Å². The second kappa shape index (κ2) is 5.65. The Morgan fingerprint density at radius 3 is 2.15 bits per heavy atom. The molecule has 0 amide bonds. The second-order valence-corrected chi connectivity index (χ2v) is 4.47. The van der Waals surface area contributed by atoms with Crippen molar-refractivity contribution in [1.82, 2.24) is 0 Å². The molecule has 2 rings (SSSR count). The fraction of sp³-hybridized carbons (Fsp3) is 0.188. The average molecular weight is 271 g/mol. The van der Waals surface area contributed by atoms with Crippen LogP contribution < -0.4 is 15.2 Å². The van der Waals surface area contributed by atoms with Crippen molar-refractivity contribution < 1.29 is 14.3 Å². The van der Waals surface area contributed by atoms with Gasteiger partial charge in [0, 0.05) is 11.1 Å². The molecule has 2 N–H and O–H groups in total. The van der Waals surface area contributed by atoms with E-state index in [0.29, 0.717) is 22.6 Å². The first-order valence-electron chi connectivity index (χ1n) is 6.19. The molecule has 0 atom stereocenters. The van der Waals surface area contributed by atoms with E-state index in [4.69, 9.17) is 15.2 Å². The highest BCUT2D eigenvalue weighted by atomic mass is 16.5. The highest BCUT2D eigenvalue weighted by Gasteiger charge is 2.12. The molecule has 0 saturated heterocycles. The van der Waals surface area contributed by atoms with E-state index < -0.39 is 0 Å². The maximum absolute atomic E-state index is 12.4. The number of nitrogen functional groups attached to an aromatic ring is 1. The van der Waals surface area contributed by atoms with E-state index in [-0.39, 0.29) is 5.78 Å². The quantitative estimate of drug-likeness (QED) is 0.686. The Kier molecular flexibility index (Phi) is 3.94. The van der Waals surface area contributed by atoms with Crippen molar-refractivity contribution in [3.05, 3.63) is 53.1 Å². The van der Waals surface area contributed by atoms with E-state index in [2.05, 4.69) is 0 Å². The van der Waals surface area contributed by atoms with Crippen molar-refractivity contribution >= 4 is 11.5 Å². The third kappa shape index (κ3) is 2.59. The van der Waals surface area contributed by atoms with Crippen molar-refractivity contribution in [2.75, 3.05) is 20.0 Å². The molecule has 0 aromatic heterocycles. The van der Waals surface area contributed by atoms with E-state index in [1.165, 1.54) is 7.11 Å². The van der Waals surface area contributed by atoms with E-state index in [1.807, 2.05) is 13.0 Å². The van der Waals surface area contributed by atoms with E-state index in [9.17, 15) is 4.79 Å². The second-order valence-electron chi connectivity index (χ2n) is 4.47. The van der Waals surface area contributed by atoms with Gasteiger partial charge in [0.05, 0.1) is 19.9 Å². The van der Waals surface area contributed by atoms with Crippen molar-refractivity contribution in [1.29, 1.82) is 0 Å². The van der Waals surface area contributed by atoms with Gasteiger partial charge in [-0.05, 0) is 48.9 Å². The molecule has 0 fully saturated rings. The number of methoxy groups -OCH3 is 2. The molecule has 0 unspecified atom stereocenters. The summed E-state index contributed by atoms with van der Waals surface area (Å²) >= 11 is 0. The fourth-order valence-electron chi connectivity index (χ4n) is 2.04. The van der Waals surface area contributed by atoms with Crippen LogP contribution in [0.15, 0.2) is 36.4 Å². The Morgan fingerprint density at radius 2 is 1.55 bits per heavy atom. The lowest BCUT2D eigenvalue weighted by Crippen LogP contribution is -2.03. The highest BCUT2D eigenvalue weighted by Crippen LogP contribution is 2.25. The number of hydrogen-bond acceptors (Lipinski definition) is 4. The lowest BCUT2D eigenvalue weighted by molar-refractivity contribution is 0.103. The molecule has 0 aliphatic heterocycles. The van der Waals surface area contributed by atoms with Gasteiger partial charge in [-0.15, -0.1) is 0 Å². The Balaban J connectivity index is 2.38. The number of ether oxygens (including phenoxy) is 2. The van der Waals surface area contributed by atoms with Crippen LogP contribution in [0.3, 0.4) is 0 Å². The third-order valence-electron chi connectivity index (χ3n) is 3.15. The summed E-state index contributed by atoms with van der Waals surface area (Å²) in [5.74, 6) is 1.19. The van der Waals surface area contributed by atoms with Crippen LogP contribution in [0, 0.1) is 6.92 Å². The molecule has 4 heteroatoms. The van der Waals surface area contributed by atoms with Gasteiger partial charge in [0.25, 0.3) is 0 Å². The Bertz CT molecular complexity index is 650. The standard InChI is InChI=1S/C16H17NO3/c1-10-8-11(5-7-14(10)19-2)16(18)12-4-6-13(17)15(9-12)20-3/h4-9H,17H2,1-3H3. The van der Waals surface area contributed by atoms with Crippen LogP contribution in [0.2, 0.25) is 0 Å². The summed E-state index contributed by atoms with van der Waals surface area (Å²) in [5.41, 5.74) is 8.32. The van der Waals surface area contributed by atoms with E-state index in [0.717, 1.165) is 11.3 Å². The van der Waals surface area contributed by atoms with Gasteiger partial charge in [0.2, 0.25) is 0 Å². The summed E-state index contributed by atoms with van der Waals surface area (Å²) in [6.45, 7) is 1.90. The van der Waals surface area contributed by atoms with Crippen LogP contribution >= 0.6 is 0 Å². The maximum Gasteiger partial charge on any atom is 0.193 e. The molecule has 2 aromatic carbocycles. The van der Waals surface area contributed by atoms with Gasteiger partial charge in [-0.1, -0.05) is 0 Å². The average Bonchev–Trinajstić information content (AvgIpc) is 2.47. The largest absolute Gasteiger partial charge is 0.496 e. The summed E-state index contributed by atoms with van der Waals surface area (Å²) in [7, 11) is 3.13. The summed E-state index contributed by atoms with van der Waals surface area (Å²) in [6, 6.07) is 10.4. The SMILES string of the molecule is COc1ccc(C(=O)c2ccc(N)c(OC)c2)cc1C. The molecule has 0 aliphatic rings. The Hall–Kier alpha value is -2.49. The van der Waals surface area contributed by atoms with Crippen LogP contribution in [-0.2, 0) is 0 Å². The van der Waals surface area contributed by atoms with Crippen molar-refractivity contribution in [2.24, 2.45) is 0 Å². The molecule has 0 saturated carbocycles. The lowest BCUT2D eigenvalue weighted by atomic mass is 10.0. The van der Waals surface area contributed by atoms with Crippen LogP contribution in [0.5, 0.6) is 11.5 Å². The number of anilines is 1. The normalized spacial score (nSPS) is 10.2. The van der Waals surface area contributed by atoms with Gasteiger partial charge in [-0.3, -0.25) is 4.79 Å². The summed E-state index contributed by atoms with van der Waals surface area (Å²) in [4.78, 5) is 12.4. The molecular formula is C16H17NO3. The van der Waals surface area contributed by atoms with Crippen molar-refractivity contribution in [3.63, 3.8) is 0 Å². The zero-order valence-electron chi connectivity index (χ0n) is 11.8. The maximum atomic E-state index is 12.4. The third-order valence-corrected chi connectivity index (χ3v) is 3.15. The first kappa shape index (κ1) is 13.9. The number of hydrogen-bond donors (Lipinski definition) is 1. The van der Waals surface area contributed by atoms with Crippen LogP contribution in [0.4, 0.5) is 5.69 Å². The van der Waals surface area contributed by atoms with Crippen molar-refractivity contribution in [2.45, 2.75) is 6.92 Å². The smallest absolute Gasteiger partial charge is 0.193 e. The zero-order valence-corrected chi connectivity index (χ0v) is 11.8. The van der Waals surface area contributed by atoms with Crippen LogP contribution in [-0.4, -0.2) is 20.0 Å². The molecule has 0 heterocycles. The molecule has 4 nitrogen and oxygen atoms in total. The highest BCUT2D eigenvalue weighted by molar-refractivity contribution is 6.09. The van der Waals surface area contributed by atoms with Gasteiger partial charge in [0.1, 0.15) is 11.5 Å². The van der Waals surface area contributed by atoms with Gasteiger partial charge in [0.15, 0.2) is 5.78 Å². The number of carbonyl (C=O) groups is 1. The summed E-state index contributed by atoms with van der Waals surface area (Å²) in [5, 5.41) is 0. The van der Waals surface area contributed by atoms with E-state index in [1.54, 1.807) is 37.4 Å². The first-order valence-corrected chi connectivity index (χ1v) is 6.19. The zero-order chi connectivity index (χ0) is 14.7. The Morgan fingerprint density at radius 1 is 0.950 bits per heavy atom. The number of rotatable bonds is 4. The minimum atomic E-state index is -0.0750. The minimum Gasteiger partial charge on any atom is -0.496 e. The van der Waals surface area contributed by atoms with Gasteiger partial charge in [-0.2, -0.15) is 0 Å². The molecule has 104 valence electrons. The predicted molar refractivity (Wildman–Crippen MR) is 78.6 cm³/mol. The fourth-order valence-corrected chi connectivity index (χ4v) is 2.04. The molecule has 0 radical (unpaired) electrons. The molecule has 0 bridgehead atoms. The first-order chi connectivity index (χ1) is 9.56. The number of carbonyl (C=O) groups excluding carboxylic acids is 1. The predicted octanol–water partition coefficient (Wildman–Crippen LogP) is 2.83. The molecule has 2 aromatic rings. The molecule has 20 heavy (non-hydrogen) atoms. The molecular weight excluding hydrogens is 254 g/mol. The molecule has 0 spiro atoms. The van der Waals surface area contributed by atoms with Gasteiger partial charge in [-0.25, -0.2) is 0 Å². The van der Waals surface area contributed by atoms with E-state index >= 15 is 0 Å².